The van der Waals surface area contributed by atoms with Crippen molar-refractivity contribution in [2.24, 2.45) is 11.1 Å². The Hall–Kier alpha value is -1.69. The highest BCUT2D eigenvalue weighted by atomic mass is 32.1. The van der Waals surface area contributed by atoms with E-state index in [0.29, 0.717) is 24.4 Å². The molecule has 104 valence electrons. The van der Waals surface area contributed by atoms with Crippen LogP contribution in [0.4, 0.5) is 5.69 Å². The van der Waals surface area contributed by atoms with Crippen LogP contribution in [0.3, 0.4) is 0 Å². The highest BCUT2D eigenvalue weighted by Crippen LogP contribution is 2.28. The molecule has 5 nitrogen and oxygen atoms in total. The third kappa shape index (κ3) is 3.20. The highest BCUT2D eigenvalue weighted by molar-refractivity contribution is 7.80. The van der Waals surface area contributed by atoms with Crippen LogP contribution in [0.15, 0.2) is 18.3 Å². The Morgan fingerprint density at radius 3 is 2.47 bits per heavy atom. The van der Waals surface area contributed by atoms with Crippen molar-refractivity contribution in [3.63, 3.8) is 0 Å². The number of hydrogen-bond acceptors (Lipinski definition) is 4. The lowest BCUT2D eigenvalue weighted by atomic mass is 9.81. The average Bonchev–Trinajstić information content (AvgIpc) is 2.41. The van der Waals surface area contributed by atoms with Gasteiger partial charge in [-0.1, -0.05) is 26.1 Å². The van der Waals surface area contributed by atoms with E-state index in [-0.39, 0.29) is 10.9 Å². The number of amides is 1. The zero-order valence-electron chi connectivity index (χ0n) is 11.4. The lowest BCUT2D eigenvalue weighted by molar-refractivity contribution is -0.122. The minimum atomic E-state index is -0.810. The summed E-state index contributed by atoms with van der Waals surface area (Å²) in [5.74, 6) is 0.293. The number of carbonyl (C=O) groups is 1. The van der Waals surface area contributed by atoms with Gasteiger partial charge in [0.25, 0.3) is 0 Å². The molecule has 0 fully saturated rings. The average molecular weight is 281 g/mol. The van der Waals surface area contributed by atoms with Crippen molar-refractivity contribution in [1.82, 2.24) is 4.98 Å². The predicted octanol–water partition coefficient (Wildman–Crippen LogP) is 2.12. The molecule has 6 heteroatoms. The molecule has 19 heavy (non-hydrogen) atoms. The summed E-state index contributed by atoms with van der Waals surface area (Å²) in [4.78, 5) is 16.6. The summed E-state index contributed by atoms with van der Waals surface area (Å²) in [5, 5.41) is 2.79. The first-order chi connectivity index (χ1) is 9.00. The second kappa shape index (κ2) is 6.47. The van der Waals surface area contributed by atoms with Gasteiger partial charge < -0.3 is 15.8 Å². The van der Waals surface area contributed by atoms with Gasteiger partial charge >= 0.3 is 0 Å². The minimum absolute atomic E-state index is 0.197. The monoisotopic (exact) mass is 281 g/mol. The summed E-state index contributed by atoms with van der Waals surface area (Å²) >= 11 is 5.04. The van der Waals surface area contributed by atoms with Crippen molar-refractivity contribution in [3.8, 4) is 5.88 Å². The van der Waals surface area contributed by atoms with Crippen molar-refractivity contribution in [1.29, 1.82) is 0 Å². The van der Waals surface area contributed by atoms with Gasteiger partial charge in [0.15, 0.2) is 0 Å². The Balaban J connectivity index is 2.90. The molecule has 0 bridgehead atoms. The minimum Gasteiger partial charge on any atom is -0.481 e. The molecule has 1 heterocycles. The van der Waals surface area contributed by atoms with Crippen LogP contribution < -0.4 is 15.8 Å². The van der Waals surface area contributed by atoms with E-state index in [0.717, 1.165) is 0 Å². The van der Waals surface area contributed by atoms with Gasteiger partial charge in [-0.25, -0.2) is 4.98 Å². The fourth-order valence-corrected chi connectivity index (χ4v) is 2.24. The number of thiocarbonyl (C=S) groups is 1. The van der Waals surface area contributed by atoms with E-state index < -0.39 is 5.41 Å². The van der Waals surface area contributed by atoms with Crippen molar-refractivity contribution in [2.75, 3.05) is 12.4 Å². The van der Waals surface area contributed by atoms with Gasteiger partial charge in [0.2, 0.25) is 11.8 Å². The third-order valence-corrected chi connectivity index (χ3v) is 3.71. The molecular weight excluding hydrogens is 262 g/mol. The Labute approximate surface area is 118 Å². The molecule has 0 saturated heterocycles. The molecular formula is C13H19N3O2S. The van der Waals surface area contributed by atoms with E-state index in [9.17, 15) is 4.79 Å². The van der Waals surface area contributed by atoms with Crippen LogP contribution >= 0.6 is 12.2 Å². The van der Waals surface area contributed by atoms with Crippen LogP contribution in [0.5, 0.6) is 5.88 Å². The maximum atomic E-state index is 12.4. The topological polar surface area (TPSA) is 77.2 Å². The number of rotatable bonds is 6. The summed E-state index contributed by atoms with van der Waals surface area (Å²) < 4.78 is 4.96. The van der Waals surface area contributed by atoms with Crippen molar-refractivity contribution in [3.05, 3.63) is 18.3 Å². The highest BCUT2D eigenvalue weighted by Gasteiger charge is 2.38. The van der Waals surface area contributed by atoms with Crippen LogP contribution in [0, 0.1) is 5.41 Å². The fraction of sp³-hybridized carbons (Fsp3) is 0.462. The molecule has 0 aliphatic heterocycles. The molecule has 1 rings (SSSR count). The van der Waals surface area contributed by atoms with Gasteiger partial charge in [-0.3, -0.25) is 4.79 Å². The molecule has 0 aliphatic rings. The number of aromatic nitrogens is 1. The number of nitrogens with two attached hydrogens (primary N) is 1. The van der Waals surface area contributed by atoms with Crippen LogP contribution in [-0.2, 0) is 4.79 Å². The number of nitrogens with zero attached hydrogens (tertiary/aromatic N) is 1. The Bertz CT molecular complexity index is 455. The normalized spacial score (nSPS) is 10.9. The SMILES string of the molecule is CCC(CC)(C(=O)Nc1ccc(OC)nc1)C(N)=S. The van der Waals surface area contributed by atoms with E-state index in [1.54, 1.807) is 12.1 Å². The number of carbonyl (C=O) groups excluding carboxylic acids is 1. The third-order valence-electron chi connectivity index (χ3n) is 3.32. The summed E-state index contributed by atoms with van der Waals surface area (Å²) in [7, 11) is 1.53. The predicted molar refractivity (Wildman–Crippen MR) is 79.2 cm³/mol. The Kier molecular flexibility index (Phi) is 5.23. The summed E-state index contributed by atoms with van der Waals surface area (Å²) in [6.45, 7) is 3.79. The van der Waals surface area contributed by atoms with Crippen LogP contribution in [0.2, 0.25) is 0 Å². The molecule has 1 amide bonds. The summed E-state index contributed by atoms with van der Waals surface area (Å²) in [5.41, 5.74) is 5.51. The molecule has 0 aromatic carbocycles. The largest absolute Gasteiger partial charge is 0.481 e. The number of ether oxygens (including phenoxy) is 1. The maximum Gasteiger partial charge on any atom is 0.237 e. The summed E-state index contributed by atoms with van der Waals surface area (Å²) in [6.07, 6.45) is 2.66. The molecule has 0 radical (unpaired) electrons. The molecule has 0 spiro atoms. The van der Waals surface area contributed by atoms with Gasteiger partial charge in [0, 0.05) is 6.07 Å². The fourth-order valence-electron chi connectivity index (χ4n) is 1.86. The molecule has 0 atom stereocenters. The first kappa shape index (κ1) is 15.4. The van der Waals surface area contributed by atoms with Gasteiger partial charge in [-0.05, 0) is 18.9 Å². The smallest absolute Gasteiger partial charge is 0.237 e. The van der Waals surface area contributed by atoms with E-state index >= 15 is 0 Å². The Morgan fingerprint density at radius 2 is 2.11 bits per heavy atom. The molecule has 0 aliphatic carbocycles. The number of pyridine rings is 1. The van der Waals surface area contributed by atoms with E-state index in [4.69, 9.17) is 22.7 Å². The lowest BCUT2D eigenvalue weighted by Gasteiger charge is -2.28. The standard InChI is InChI=1S/C13H19N3O2S/c1-4-13(5-2,11(14)19)12(17)16-9-6-7-10(18-3)15-8-9/h6-8H,4-5H2,1-3H3,(H2,14,19)(H,16,17). The zero-order valence-corrected chi connectivity index (χ0v) is 12.2. The van der Waals surface area contributed by atoms with Gasteiger partial charge in [0.05, 0.1) is 29.4 Å². The quantitative estimate of drug-likeness (QED) is 0.781. The molecule has 0 unspecified atom stereocenters. The van der Waals surface area contributed by atoms with E-state index in [1.165, 1.54) is 13.3 Å². The summed E-state index contributed by atoms with van der Waals surface area (Å²) in [6, 6.07) is 3.40. The second-order valence-electron chi connectivity index (χ2n) is 4.20. The van der Waals surface area contributed by atoms with E-state index in [2.05, 4.69) is 10.3 Å². The van der Waals surface area contributed by atoms with Gasteiger partial charge in [0.1, 0.15) is 0 Å². The van der Waals surface area contributed by atoms with Gasteiger partial charge in [-0.15, -0.1) is 0 Å². The maximum absolute atomic E-state index is 12.4. The number of hydrogen-bond donors (Lipinski definition) is 2. The molecule has 0 saturated carbocycles. The van der Waals surface area contributed by atoms with Crippen molar-refractivity contribution < 1.29 is 9.53 Å². The Morgan fingerprint density at radius 1 is 1.47 bits per heavy atom. The molecule has 3 N–H and O–H groups in total. The first-order valence-corrected chi connectivity index (χ1v) is 6.52. The number of methoxy groups -OCH3 is 1. The van der Waals surface area contributed by atoms with Crippen molar-refractivity contribution in [2.45, 2.75) is 26.7 Å². The number of anilines is 1. The molecule has 1 aromatic rings. The van der Waals surface area contributed by atoms with Crippen LogP contribution in [0.1, 0.15) is 26.7 Å². The number of nitrogens with one attached hydrogen (secondary N) is 1. The zero-order chi connectivity index (χ0) is 14.5. The second-order valence-corrected chi connectivity index (χ2v) is 4.64. The van der Waals surface area contributed by atoms with E-state index in [1.807, 2.05) is 13.8 Å². The van der Waals surface area contributed by atoms with Gasteiger partial charge in [-0.2, -0.15) is 0 Å². The van der Waals surface area contributed by atoms with Crippen molar-refractivity contribution >= 4 is 28.8 Å². The lowest BCUT2D eigenvalue weighted by Crippen LogP contribution is -2.45. The molecule has 1 aromatic heterocycles. The van der Waals surface area contributed by atoms with Crippen LogP contribution in [-0.4, -0.2) is 23.0 Å². The van der Waals surface area contributed by atoms with Crippen LogP contribution in [0.25, 0.3) is 0 Å². The first-order valence-electron chi connectivity index (χ1n) is 6.11.